The summed E-state index contributed by atoms with van der Waals surface area (Å²) in [5.74, 6) is 1.72. The second-order valence-corrected chi connectivity index (χ2v) is 5.66. The average Bonchev–Trinajstić information content (AvgIpc) is 2.40. The molecule has 1 aromatic rings. The summed E-state index contributed by atoms with van der Waals surface area (Å²) in [5, 5.41) is 0. The van der Waals surface area contributed by atoms with Crippen molar-refractivity contribution >= 4 is 0 Å². The van der Waals surface area contributed by atoms with Gasteiger partial charge in [0.05, 0.1) is 0 Å². The third-order valence-electron chi connectivity index (χ3n) is 4.27. The van der Waals surface area contributed by atoms with Crippen LogP contribution in [0.1, 0.15) is 31.4 Å². The molecule has 0 radical (unpaired) electrons. The maximum Gasteiger partial charge on any atom is 0.120 e. The SMILES string of the molecule is CC(N)c1cccc(OC2CN3CCC2CC3)c1. The fourth-order valence-corrected chi connectivity index (χ4v) is 3.09. The predicted octanol–water partition coefficient (Wildman–Crippen LogP) is 2.18. The van der Waals surface area contributed by atoms with Gasteiger partial charge in [-0.15, -0.1) is 0 Å². The summed E-state index contributed by atoms with van der Waals surface area (Å²) in [5.41, 5.74) is 7.06. The van der Waals surface area contributed by atoms with E-state index in [0.29, 0.717) is 6.10 Å². The van der Waals surface area contributed by atoms with Gasteiger partial charge in [0.1, 0.15) is 11.9 Å². The van der Waals surface area contributed by atoms with Crippen LogP contribution in [0.3, 0.4) is 0 Å². The zero-order valence-electron chi connectivity index (χ0n) is 11.0. The molecule has 3 saturated heterocycles. The molecule has 3 fully saturated rings. The Hall–Kier alpha value is -1.06. The molecule has 2 bridgehead atoms. The molecule has 3 nitrogen and oxygen atoms in total. The number of nitrogens with two attached hydrogens (primary N) is 1. The molecule has 0 aliphatic carbocycles. The van der Waals surface area contributed by atoms with Gasteiger partial charge in [-0.25, -0.2) is 0 Å². The van der Waals surface area contributed by atoms with Crippen LogP contribution in [0.15, 0.2) is 24.3 Å². The van der Waals surface area contributed by atoms with Gasteiger partial charge in [-0.05, 0) is 56.5 Å². The van der Waals surface area contributed by atoms with Crippen molar-refractivity contribution in [1.82, 2.24) is 4.90 Å². The Morgan fingerprint density at radius 3 is 2.72 bits per heavy atom. The molecule has 0 saturated carbocycles. The number of rotatable bonds is 3. The van der Waals surface area contributed by atoms with E-state index >= 15 is 0 Å². The van der Waals surface area contributed by atoms with Gasteiger partial charge in [-0.1, -0.05) is 12.1 Å². The first-order valence-corrected chi connectivity index (χ1v) is 6.97. The summed E-state index contributed by atoms with van der Waals surface area (Å²) in [4.78, 5) is 2.51. The Balaban J connectivity index is 1.71. The highest BCUT2D eigenvalue weighted by Gasteiger charge is 2.35. The molecule has 2 N–H and O–H groups in total. The van der Waals surface area contributed by atoms with E-state index in [0.717, 1.165) is 23.8 Å². The number of nitrogens with zero attached hydrogens (tertiary/aromatic N) is 1. The van der Waals surface area contributed by atoms with Gasteiger partial charge in [-0.2, -0.15) is 0 Å². The Kier molecular flexibility index (Phi) is 3.27. The molecule has 98 valence electrons. The quantitative estimate of drug-likeness (QED) is 0.888. The van der Waals surface area contributed by atoms with E-state index in [1.807, 2.05) is 19.1 Å². The lowest BCUT2D eigenvalue weighted by molar-refractivity contribution is -0.00779. The van der Waals surface area contributed by atoms with Crippen LogP contribution in [-0.2, 0) is 0 Å². The molecule has 3 heterocycles. The van der Waals surface area contributed by atoms with Crippen molar-refractivity contribution in [1.29, 1.82) is 0 Å². The summed E-state index contributed by atoms with van der Waals surface area (Å²) >= 11 is 0. The van der Waals surface area contributed by atoms with E-state index in [9.17, 15) is 0 Å². The number of ether oxygens (including phenoxy) is 1. The third kappa shape index (κ3) is 2.38. The standard InChI is InChI=1S/C15H22N2O/c1-11(16)13-3-2-4-14(9-13)18-15-10-17-7-5-12(15)6-8-17/h2-4,9,11-12,15H,5-8,10,16H2,1H3. The zero-order chi connectivity index (χ0) is 12.5. The second-order valence-electron chi connectivity index (χ2n) is 5.66. The van der Waals surface area contributed by atoms with Gasteiger partial charge in [0, 0.05) is 12.6 Å². The largest absolute Gasteiger partial charge is 0.489 e. The van der Waals surface area contributed by atoms with Crippen molar-refractivity contribution in [2.24, 2.45) is 11.7 Å². The minimum absolute atomic E-state index is 0.0695. The molecular weight excluding hydrogens is 224 g/mol. The highest BCUT2D eigenvalue weighted by Crippen LogP contribution is 2.31. The van der Waals surface area contributed by atoms with Gasteiger partial charge in [0.15, 0.2) is 0 Å². The van der Waals surface area contributed by atoms with Crippen LogP contribution < -0.4 is 10.5 Å². The van der Waals surface area contributed by atoms with E-state index in [1.54, 1.807) is 0 Å². The summed E-state index contributed by atoms with van der Waals surface area (Å²) in [6.07, 6.45) is 2.95. The second kappa shape index (κ2) is 4.90. The lowest BCUT2D eigenvalue weighted by Gasteiger charge is -2.44. The lowest BCUT2D eigenvalue weighted by atomic mass is 9.86. The molecule has 1 aromatic carbocycles. The molecular formula is C15H22N2O. The van der Waals surface area contributed by atoms with Crippen LogP contribution in [0.5, 0.6) is 5.75 Å². The Morgan fingerprint density at radius 2 is 2.11 bits per heavy atom. The maximum absolute atomic E-state index is 6.18. The monoisotopic (exact) mass is 246 g/mol. The van der Waals surface area contributed by atoms with Crippen molar-refractivity contribution in [2.45, 2.75) is 31.9 Å². The van der Waals surface area contributed by atoms with Crippen LogP contribution in [-0.4, -0.2) is 30.6 Å². The van der Waals surface area contributed by atoms with Gasteiger partial charge >= 0.3 is 0 Å². The van der Waals surface area contributed by atoms with Crippen molar-refractivity contribution in [2.75, 3.05) is 19.6 Å². The van der Waals surface area contributed by atoms with Crippen LogP contribution >= 0.6 is 0 Å². The smallest absolute Gasteiger partial charge is 0.120 e. The molecule has 0 spiro atoms. The molecule has 3 heteroatoms. The summed E-state index contributed by atoms with van der Waals surface area (Å²) in [7, 11) is 0. The maximum atomic E-state index is 6.18. The fourth-order valence-electron chi connectivity index (χ4n) is 3.09. The number of hydrogen-bond donors (Lipinski definition) is 1. The molecule has 0 amide bonds. The normalized spacial score (nSPS) is 32.2. The topological polar surface area (TPSA) is 38.5 Å². The lowest BCUT2D eigenvalue weighted by Crippen LogP contribution is -2.52. The Labute approximate surface area is 109 Å². The Morgan fingerprint density at radius 1 is 1.33 bits per heavy atom. The number of piperidine rings is 3. The molecule has 0 aromatic heterocycles. The molecule has 2 unspecified atom stereocenters. The van der Waals surface area contributed by atoms with Crippen molar-refractivity contribution < 1.29 is 4.74 Å². The van der Waals surface area contributed by atoms with Gasteiger partial charge < -0.3 is 10.5 Å². The molecule has 18 heavy (non-hydrogen) atoms. The summed E-state index contributed by atoms with van der Waals surface area (Å²) in [6.45, 7) is 5.61. The van der Waals surface area contributed by atoms with Crippen LogP contribution in [0, 0.1) is 5.92 Å². The highest BCUT2D eigenvalue weighted by atomic mass is 16.5. The number of benzene rings is 1. The predicted molar refractivity (Wildman–Crippen MR) is 72.6 cm³/mol. The summed E-state index contributed by atoms with van der Waals surface area (Å²) < 4.78 is 6.18. The van der Waals surface area contributed by atoms with Gasteiger partial charge in [0.25, 0.3) is 0 Å². The van der Waals surface area contributed by atoms with Crippen LogP contribution in [0.2, 0.25) is 0 Å². The van der Waals surface area contributed by atoms with E-state index in [2.05, 4.69) is 17.0 Å². The minimum Gasteiger partial charge on any atom is -0.489 e. The zero-order valence-corrected chi connectivity index (χ0v) is 11.0. The minimum atomic E-state index is 0.0695. The molecule has 4 rings (SSSR count). The summed E-state index contributed by atoms with van der Waals surface area (Å²) in [6, 6.07) is 8.30. The van der Waals surface area contributed by atoms with E-state index < -0.39 is 0 Å². The Bertz CT molecular complexity index is 411. The fraction of sp³-hybridized carbons (Fsp3) is 0.600. The first-order valence-electron chi connectivity index (χ1n) is 6.97. The first kappa shape index (κ1) is 12.0. The van der Waals surface area contributed by atoms with Crippen molar-refractivity contribution in [3.63, 3.8) is 0 Å². The number of fused-ring (bicyclic) bond motifs is 3. The van der Waals surface area contributed by atoms with E-state index in [4.69, 9.17) is 10.5 Å². The van der Waals surface area contributed by atoms with Crippen molar-refractivity contribution in [3.05, 3.63) is 29.8 Å². The first-order chi connectivity index (χ1) is 8.72. The van der Waals surface area contributed by atoms with E-state index in [1.165, 1.54) is 25.9 Å². The third-order valence-corrected chi connectivity index (χ3v) is 4.27. The van der Waals surface area contributed by atoms with Gasteiger partial charge in [0.2, 0.25) is 0 Å². The molecule has 3 aliphatic rings. The van der Waals surface area contributed by atoms with Gasteiger partial charge in [-0.3, -0.25) is 4.90 Å². The molecule has 3 aliphatic heterocycles. The highest BCUT2D eigenvalue weighted by molar-refractivity contribution is 5.30. The number of hydrogen-bond acceptors (Lipinski definition) is 3. The average molecular weight is 246 g/mol. The molecule has 2 atom stereocenters. The van der Waals surface area contributed by atoms with Crippen molar-refractivity contribution in [3.8, 4) is 5.75 Å². The van der Waals surface area contributed by atoms with E-state index in [-0.39, 0.29) is 6.04 Å². The van der Waals surface area contributed by atoms with Crippen LogP contribution in [0.25, 0.3) is 0 Å². The van der Waals surface area contributed by atoms with Crippen LogP contribution in [0.4, 0.5) is 0 Å².